The fraction of sp³-hybridized carbons (Fsp3) is 0.517. The Balaban J connectivity index is 1.52. The van der Waals surface area contributed by atoms with Gasteiger partial charge in [-0.1, -0.05) is 12.1 Å². The van der Waals surface area contributed by atoms with Crippen LogP contribution in [-0.2, 0) is 4.79 Å². The first-order valence-corrected chi connectivity index (χ1v) is 14.0. The molecule has 2 heterocycles. The zero-order valence-electron chi connectivity index (χ0n) is 22.9. The molecule has 2 aliphatic carbocycles. The number of nitrogens with zero attached hydrogens (tertiary/aromatic N) is 3. The summed E-state index contributed by atoms with van der Waals surface area (Å²) in [6.07, 6.45) is -5.82. The molecular weight excluding hydrogens is 583 g/mol. The topological polar surface area (TPSA) is 102 Å². The molecule has 1 aromatic carbocycles. The molecule has 232 valence electrons. The van der Waals surface area contributed by atoms with Crippen molar-refractivity contribution in [3.05, 3.63) is 64.6 Å². The lowest BCUT2D eigenvalue weighted by Crippen LogP contribution is -2.30. The number of fused-ring (bicyclic) bond motifs is 1. The highest BCUT2D eigenvalue weighted by molar-refractivity contribution is 5.94. The Hall–Kier alpha value is -3.71. The van der Waals surface area contributed by atoms with Crippen LogP contribution in [0.25, 0.3) is 5.65 Å². The second-order valence-electron chi connectivity index (χ2n) is 11.4. The van der Waals surface area contributed by atoms with Crippen LogP contribution in [0.4, 0.5) is 30.7 Å². The molecule has 0 bridgehead atoms. The molecule has 43 heavy (non-hydrogen) atoms. The molecule has 2 amide bonds. The predicted octanol–water partition coefficient (Wildman–Crippen LogP) is 6.63. The number of carbonyl (C=O) groups excluding carboxylic acids is 2. The molecule has 2 fully saturated rings. The number of carbonyl (C=O) groups is 2. The van der Waals surface area contributed by atoms with Gasteiger partial charge in [-0.15, -0.1) is 0 Å². The van der Waals surface area contributed by atoms with Crippen molar-refractivity contribution >= 4 is 17.5 Å². The summed E-state index contributed by atoms with van der Waals surface area (Å²) in [6.45, 7) is 0. The normalized spacial score (nSPS) is 19.0. The number of rotatable bonds is 10. The number of primary amides is 1. The lowest BCUT2D eigenvalue weighted by molar-refractivity contribution is -0.144. The van der Waals surface area contributed by atoms with Crippen LogP contribution in [0.5, 0.6) is 0 Å². The molecule has 7 nitrogen and oxygen atoms in total. The maximum atomic E-state index is 14.4. The number of alkyl halides is 7. The van der Waals surface area contributed by atoms with E-state index in [1.54, 1.807) is 6.07 Å². The summed E-state index contributed by atoms with van der Waals surface area (Å²) in [6, 6.07) is 5.06. The maximum Gasteiger partial charge on any atom is 0.389 e. The van der Waals surface area contributed by atoms with Crippen molar-refractivity contribution < 1.29 is 40.3 Å². The lowest BCUT2D eigenvalue weighted by Gasteiger charge is -2.34. The molecular formula is C29H30F7N5O2. The number of nitrogens with one attached hydrogen (secondary N) is 1. The van der Waals surface area contributed by atoms with Crippen molar-refractivity contribution in [1.82, 2.24) is 19.9 Å². The van der Waals surface area contributed by atoms with Crippen LogP contribution in [0.3, 0.4) is 0 Å². The molecule has 2 aromatic heterocycles. The number of hydrogen-bond donors (Lipinski definition) is 2. The van der Waals surface area contributed by atoms with Gasteiger partial charge in [-0.2, -0.15) is 18.3 Å². The fourth-order valence-corrected chi connectivity index (χ4v) is 6.00. The molecule has 0 aliphatic heterocycles. The SMILES string of the molecule is NC(=O)c1cccc([C@@H](c2cn3ncc([C@H](NC(=O)CCC(F)(F)F)C4CC4)cc3n2)C2CCC(F)(F)CC2)c1C(F)F. The van der Waals surface area contributed by atoms with E-state index in [0.717, 1.165) is 12.8 Å². The Morgan fingerprint density at radius 2 is 1.79 bits per heavy atom. The third-order valence-electron chi connectivity index (χ3n) is 8.27. The summed E-state index contributed by atoms with van der Waals surface area (Å²) < 4.78 is 96.2. The van der Waals surface area contributed by atoms with Gasteiger partial charge in [0.05, 0.1) is 30.6 Å². The summed E-state index contributed by atoms with van der Waals surface area (Å²) in [5, 5.41) is 7.02. The lowest BCUT2D eigenvalue weighted by atomic mass is 9.73. The molecule has 0 spiro atoms. The molecule has 2 saturated carbocycles. The summed E-state index contributed by atoms with van der Waals surface area (Å²) >= 11 is 0. The number of aromatic nitrogens is 3. The third kappa shape index (κ3) is 7.10. The van der Waals surface area contributed by atoms with Crippen LogP contribution in [0.2, 0.25) is 0 Å². The Morgan fingerprint density at radius 3 is 2.40 bits per heavy atom. The fourth-order valence-electron chi connectivity index (χ4n) is 6.00. The molecule has 3 aromatic rings. The summed E-state index contributed by atoms with van der Waals surface area (Å²) in [7, 11) is 0. The van der Waals surface area contributed by atoms with E-state index in [-0.39, 0.29) is 41.2 Å². The van der Waals surface area contributed by atoms with Crippen LogP contribution in [0.15, 0.2) is 36.7 Å². The highest BCUT2D eigenvalue weighted by Crippen LogP contribution is 2.47. The minimum Gasteiger partial charge on any atom is -0.366 e. The number of nitrogens with two attached hydrogens (primary N) is 1. The van der Waals surface area contributed by atoms with Crippen LogP contribution in [-0.4, -0.2) is 38.5 Å². The smallest absolute Gasteiger partial charge is 0.366 e. The molecule has 2 aliphatic rings. The Labute approximate surface area is 242 Å². The van der Waals surface area contributed by atoms with Crippen LogP contribution >= 0.6 is 0 Å². The van der Waals surface area contributed by atoms with Crippen molar-refractivity contribution in [3.8, 4) is 0 Å². The zero-order valence-corrected chi connectivity index (χ0v) is 22.9. The number of imidazole rings is 1. The van der Waals surface area contributed by atoms with Crippen LogP contribution in [0, 0.1) is 11.8 Å². The van der Waals surface area contributed by atoms with Gasteiger partial charge in [-0.3, -0.25) is 9.59 Å². The molecule has 14 heteroatoms. The highest BCUT2D eigenvalue weighted by Gasteiger charge is 2.41. The van der Waals surface area contributed by atoms with Crippen LogP contribution < -0.4 is 11.1 Å². The van der Waals surface area contributed by atoms with Gasteiger partial charge in [0.15, 0.2) is 5.65 Å². The molecule has 5 rings (SSSR count). The number of halogens is 7. The van der Waals surface area contributed by atoms with E-state index in [9.17, 15) is 40.3 Å². The summed E-state index contributed by atoms with van der Waals surface area (Å²) in [5.74, 6) is -6.05. The Kier molecular flexibility index (Phi) is 8.41. The Bertz CT molecular complexity index is 1490. The van der Waals surface area contributed by atoms with E-state index in [1.165, 1.54) is 35.1 Å². The van der Waals surface area contributed by atoms with Crippen molar-refractivity contribution in [2.75, 3.05) is 0 Å². The minimum absolute atomic E-state index is 0.00955. The number of hydrogen-bond acceptors (Lipinski definition) is 4. The summed E-state index contributed by atoms with van der Waals surface area (Å²) in [4.78, 5) is 29.0. The maximum absolute atomic E-state index is 14.4. The standard InChI is InChI=1S/C29H30F7N5O2/c30-26(31)24-18(2-1-3-19(24)27(37)43)23(15-6-9-28(32,33)10-7-15)20-14-41-21(39-20)12-17(13-38-41)25(16-4-5-16)40-22(42)8-11-29(34,35)36/h1-3,12-16,23,25-26H,4-11H2,(H2,37,43)(H,40,42)/t23-,25+/m0/s1. The number of benzene rings is 1. The van der Waals surface area contributed by atoms with Crippen molar-refractivity contribution in [2.45, 2.75) is 81.9 Å². The van der Waals surface area contributed by atoms with E-state index in [1.807, 2.05) is 0 Å². The van der Waals surface area contributed by atoms with Crippen molar-refractivity contribution in [2.24, 2.45) is 17.6 Å². The van der Waals surface area contributed by atoms with E-state index in [2.05, 4.69) is 15.4 Å². The molecule has 0 saturated heterocycles. The quantitative estimate of drug-likeness (QED) is 0.251. The van der Waals surface area contributed by atoms with E-state index in [0.29, 0.717) is 5.56 Å². The van der Waals surface area contributed by atoms with E-state index in [4.69, 9.17) is 5.73 Å². The minimum atomic E-state index is -4.47. The van der Waals surface area contributed by atoms with E-state index >= 15 is 0 Å². The van der Waals surface area contributed by atoms with Gasteiger partial charge in [0.2, 0.25) is 17.7 Å². The van der Waals surface area contributed by atoms with Gasteiger partial charge in [0, 0.05) is 36.3 Å². The van der Waals surface area contributed by atoms with Gasteiger partial charge < -0.3 is 11.1 Å². The molecule has 0 radical (unpaired) electrons. The highest BCUT2D eigenvalue weighted by atomic mass is 19.4. The van der Waals surface area contributed by atoms with Gasteiger partial charge in [-0.05, 0) is 60.8 Å². The first kappa shape index (κ1) is 30.7. The van der Waals surface area contributed by atoms with Gasteiger partial charge in [0.25, 0.3) is 6.43 Å². The second kappa shape index (κ2) is 11.8. The van der Waals surface area contributed by atoms with Crippen LogP contribution in [0.1, 0.15) is 102 Å². The zero-order chi connectivity index (χ0) is 31.1. The van der Waals surface area contributed by atoms with E-state index < -0.39 is 79.5 Å². The van der Waals surface area contributed by atoms with Gasteiger partial charge in [-0.25, -0.2) is 27.1 Å². The number of amides is 2. The van der Waals surface area contributed by atoms with Crippen molar-refractivity contribution in [1.29, 1.82) is 0 Å². The molecule has 3 N–H and O–H groups in total. The first-order valence-electron chi connectivity index (χ1n) is 14.0. The largest absolute Gasteiger partial charge is 0.389 e. The monoisotopic (exact) mass is 613 g/mol. The first-order chi connectivity index (χ1) is 20.2. The summed E-state index contributed by atoms with van der Waals surface area (Å²) in [5.41, 5.74) is 5.60. The molecule has 0 unspecified atom stereocenters. The van der Waals surface area contributed by atoms with Gasteiger partial charge >= 0.3 is 6.18 Å². The van der Waals surface area contributed by atoms with Crippen molar-refractivity contribution in [3.63, 3.8) is 0 Å². The average molecular weight is 614 g/mol. The third-order valence-corrected chi connectivity index (χ3v) is 8.27. The van der Waals surface area contributed by atoms with Gasteiger partial charge in [0.1, 0.15) is 0 Å². The second-order valence-corrected chi connectivity index (χ2v) is 11.4. The average Bonchev–Trinajstić information content (AvgIpc) is 3.69. The Morgan fingerprint density at radius 1 is 1.09 bits per heavy atom. The molecule has 2 atom stereocenters. The predicted molar refractivity (Wildman–Crippen MR) is 141 cm³/mol.